The maximum Gasteiger partial charge on any atom is 0.573 e. The van der Waals surface area contributed by atoms with Crippen molar-refractivity contribution in [3.05, 3.63) is 54.2 Å². The van der Waals surface area contributed by atoms with Crippen molar-refractivity contribution < 1.29 is 17.9 Å². The normalized spacial score (nSPS) is 18.5. The molecule has 0 radical (unpaired) electrons. The van der Waals surface area contributed by atoms with Gasteiger partial charge in [0.1, 0.15) is 11.4 Å². The van der Waals surface area contributed by atoms with Gasteiger partial charge in [-0.05, 0) is 43.2 Å². The lowest BCUT2D eigenvalue weighted by atomic mass is 10.1. The predicted octanol–water partition coefficient (Wildman–Crippen LogP) is 3.94. The second-order valence-corrected chi connectivity index (χ2v) is 8.03. The number of aromatic nitrogens is 4. The van der Waals surface area contributed by atoms with E-state index in [1.54, 1.807) is 12.1 Å². The van der Waals surface area contributed by atoms with Gasteiger partial charge in [-0.15, -0.1) is 23.4 Å². The van der Waals surface area contributed by atoms with Crippen molar-refractivity contribution in [3.8, 4) is 17.3 Å². The van der Waals surface area contributed by atoms with E-state index in [9.17, 15) is 13.2 Å². The van der Waals surface area contributed by atoms with Gasteiger partial charge < -0.3 is 10.5 Å². The number of benzene rings is 1. The van der Waals surface area contributed by atoms with Gasteiger partial charge in [-0.1, -0.05) is 12.1 Å². The third kappa shape index (κ3) is 3.98. The summed E-state index contributed by atoms with van der Waals surface area (Å²) < 4.78 is 43.6. The Morgan fingerprint density at radius 2 is 1.94 bits per heavy atom. The largest absolute Gasteiger partial charge is 0.573 e. The van der Waals surface area contributed by atoms with Crippen LogP contribution in [0.3, 0.4) is 0 Å². The summed E-state index contributed by atoms with van der Waals surface area (Å²) in [6, 6.07) is 11.9. The molecule has 1 aromatic carbocycles. The third-order valence-corrected chi connectivity index (χ3v) is 5.84. The molecule has 4 heterocycles. The van der Waals surface area contributed by atoms with Crippen LogP contribution in [0.2, 0.25) is 0 Å². The van der Waals surface area contributed by atoms with Crippen molar-refractivity contribution >= 4 is 16.6 Å². The first-order chi connectivity index (χ1) is 15.3. The fourth-order valence-electron chi connectivity index (χ4n) is 4.13. The van der Waals surface area contributed by atoms with Crippen molar-refractivity contribution in [1.82, 2.24) is 24.5 Å². The fourth-order valence-corrected chi connectivity index (χ4v) is 4.13. The molecule has 4 aromatic rings. The molecule has 7 nitrogen and oxygen atoms in total. The Hall–Kier alpha value is -3.24. The second-order valence-electron chi connectivity index (χ2n) is 8.03. The van der Waals surface area contributed by atoms with Gasteiger partial charge in [-0.25, -0.2) is 4.98 Å². The van der Waals surface area contributed by atoms with Crippen molar-refractivity contribution in [2.24, 2.45) is 5.73 Å². The lowest BCUT2D eigenvalue weighted by Gasteiger charge is -2.24. The van der Waals surface area contributed by atoms with Crippen LogP contribution >= 0.6 is 0 Å². The Bertz CT molecular complexity index is 1290. The molecule has 0 aliphatic carbocycles. The topological polar surface area (TPSA) is 81.6 Å². The zero-order valence-electron chi connectivity index (χ0n) is 17.3. The first-order valence-electron chi connectivity index (χ1n) is 10.3. The number of hydrogen-bond acceptors (Lipinski definition) is 6. The molecule has 32 heavy (non-hydrogen) atoms. The highest BCUT2D eigenvalue weighted by atomic mass is 19.4. The number of alkyl halides is 3. The van der Waals surface area contributed by atoms with E-state index in [4.69, 9.17) is 5.73 Å². The van der Waals surface area contributed by atoms with E-state index in [1.807, 2.05) is 22.7 Å². The first-order valence-corrected chi connectivity index (χ1v) is 10.3. The minimum Gasteiger partial charge on any atom is -0.406 e. The number of fused-ring (bicyclic) bond motifs is 2. The highest BCUT2D eigenvalue weighted by molar-refractivity contribution is 5.82. The van der Waals surface area contributed by atoms with Crippen molar-refractivity contribution in [3.63, 3.8) is 0 Å². The molecular formula is C22H21F3N6O. The van der Waals surface area contributed by atoms with E-state index in [2.05, 4.69) is 31.7 Å². The highest BCUT2D eigenvalue weighted by Gasteiger charge is 2.31. The van der Waals surface area contributed by atoms with Crippen LogP contribution in [-0.2, 0) is 0 Å². The Balaban J connectivity index is 1.52. The summed E-state index contributed by atoms with van der Waals surface area (Å²) in [7, 11) is 0. The minimum atomic E-state index is -4.76. The molecule has 10 heteroatoms. The Labute approximate surface area is 181 Å². The average Bonchev–Trinajstić information content (AvgIpc) is 3.37. The van der Waals surface area contributed by atoms with E-state index < -0.39 is 6.36 Å². The molecule has 166 valence electrons. The standard InChI is InChI=1S/C22H21F3N6O/c1-13(30-9-8-16(26)12-30)15-4-7-20-28-29-21(31(20)11-15)18-6-3-14-2-5-17(10-19(14)27-18)32-22(23,24)25/h2-7,10-11,13,16H,8-9,12,26H2,1H3/t13-,16-/m0/s1. The molecule has 5 rings (SSSR count). The SMILES string of the molecule is C[C@@H](c1ccc2nnc(-c3ccc4ccc(OC(F)(F)F)cc4n3)n2c1)N1CC[C@H](N)C1. The Morgan fingerprint density at radius 3 is 2.69 bits per heavy atom. The van der Waals surface area contributed by atoms with Gasteiger partial charge in [-0.2, -0.15) is 0 Å². The van der Waals surface area contributed by atoms with E-state index in [0.717, 1.165) is 25.1 Å². The van der Waals surface area contributed by atoms with Crippen LogP contribution in [0.15, 0.2) is 48.7 Å². The molecule has 0 spiro atoms. The van der Waals surface area contributed by atoms with Gasteiger partial charge in [0.05, 0.1) is 5.52 Å². The maximum absolute atomic E-state index is 12.6. The van der Waals surface area contributed by atoms with Crippen LogP contribution < -0.4 is 10.5 Å². The van der Waals surface area contributed by atoms with E-state index in [1.165, 1.54) is 18.2 Å². The number of rotatable bonds is 4. The van der Waals surface area contributed by atoms with Gasteiger partial charge in [0.25, 0.3) is 0 Å². The summed E-state index contributed by atoms with van der Waals surface area (Å²) in [5.41, 5.74) is 8.68. The lowest BCUT2D eigenvalue weighted by Crippen LogP contribution is -2.28. The van der Waals surface area contributed by atoms with E-state index >= 15 is 0 Å². The molecule has 0 amide bonds. The first kappa shape index (κ1) is 20.7. The number of nitrogens with zero attached hydrogens (tertiary/aromatic N) is 5. The van der Waals surface area contributed by atoms with Gasteiger partial charge in [0.15, 0.2) is 11.5 Å². The number of ether oxygens (including phenoxy) is 1. The third-order valence-electron chi connectivity index (χ3n) is 5.84. The fraction of sp³-hybridized carbons (Fsp3) is 0.318. The summed E-state index contributed by atoms with van der Waals surface area (Å²) in [6.45, 7) is 3.94. The van der Waals surface area contributed by atoms with Crippen molar-refractivity contribution in [1.29, 1.82) is 0 Å². The van der Waals surface area contributed by atoms with Crippen LogP contribution in [0.4, 0.5) is 13.2 Å². The number of halogens is 3. The van der Waals surface area contributed by atoms with E-state index in [-0.39, 0.29) is 17.8 Å². The van der Waals surface area contributed by atoms with Crippen LogP contribution in [0.1, 0.15) is 24.9 Å². The monoisotopic (exact) mass is 442 g/mol. The van der Waals surface area contributed by atoms with Crippen molar-refractivity contribution in [2.45, 2.75) is 31.8 Å². The highest BCUT2D eigenvalue weighted by Crippen LogP contribution is 2.29. The zero-order chi connectivity index (χ0) is 22.5. The molecule has 3 aromatic heterocycles. The predicted molar refractivity (Wildman–Crippen MR) is 113 cm³/mol. The smallest absolute Gasteiger partial charge is 0.406 e. The quantitative estimate of drug-likeness (QED) is 0.516. The maximum atomic E-state index is 12.6. The summed E-state index contributed by atoms with van der Waals surface area (Å²) in [6.07, 6.45) is -1.80. The molecule has 0 bridgehead atoms. The Kier molecular flexibility index (Phi) is 4.98. The van der Waals surface area contributed by atoms with Crippen LogP contribution in [0.25, 0.3) is 28.1 Å². The molecule has 0 saturated carbocycles. The van der Waals surface area contributed by atoms with Gasteiger partial charge in [-0.3, -0.25) is 9.30 Å². The Morgan fingerprint density at radius 1 is 1.12 bits per heavy atom. The zero-order valence-corrected chi connectivity index (χ0v) is 17.3. The van der Waals surface area contributed by atoms with E-state index in [0.29, 0.717) is 28.1 Å². The van der Waals surface area contributed by atoms with Gasteiger partial charge in [0, 0.05) is 42.8 Å². The molecule has 0 unspecified atom stereocenters. The minimum absolute atomic E-state index is 0.176. The average molecular weight is 442 g/mol. The van der Waals surface area contributed by atoms with Crippen molar-refractivity contribution in [2.75, 3.05) is 13.1 Å². The molecule has 2 atom stereocenters. The summed E-state index contributed by atoms with van der Waals surface area (Å²) in [5.74, 6) is 0.192. The van der Waals surface area contributed by atoms with Crippen LogP contribution in [0.5, 0.6) is 5.75 Å². The number of pyridine rings is 2. The summed E-state index contributed by atoms with van der Waals surface area (Å²) in [4.78, 5) is 6.86. The number of hydrogen-bond donors (Lipinski definition) is 1. The van der Waals surface area contributed by atoms with Crippen LogP contribution in [0, 0.1) is 0 Å². The van der Waals surface area contributed by atoms with Crippen LogP contribution in [-0.4, -0.2) is 50.0 Å². The number of likely N-dealkylation sites (tertiary alicyclic amines) is 1. The lowest BCUT2D eigenvalue weighted by molar-refractivity contribution is -0.274. The molecule has 1 saturated heterocycles. The molecule has 1 aliphatic rings. The van der Waals surface area contributed by atoms with Gasteiger partial charge >= 0.3 is 6.36 Å². The molecule has 1 fully saturated rings. The molecule has 2 N–H and O–H groups in total. The second kappa shape index (κ2) is 7.72. The summed E-state index contributed by atoms with van der Waals surface area (Å²) >= 11 is 0. The summed E-state index contributed by atoms with van der Waals surface area (Å²) in [5, 5.41) is 9.18. The molecular weight excluding hydrogens is 421 g/mol. The molecule has 1 aliphatic heterocycles. The van der Waals surface area contributed by atoms with Gasteiger partial charge in [0.2, 0.25) is 0 Å². The number of nitrogens with two attached hydrogens (primary N) is 1.